The van der Waals surface area contributed by atoms with Crippen LogP contribution < -0.4 is 4.90 Å². The van der Waals surface area contributed by atoms with Gasteiger partial charge in [0.2, 0.25) is 5.95 Å². The molecule has 3 nitrogen and oxygen atoms in total. The Morgan fingerprint density at radius 1 is 1.24 bits per heavy atom. The van der Waals surface area contributed by atoms with Crippen LogP contribution in [0.2, 0.25) is 5.02 Å². The highest BCUT2D eigenvalue weighted by atomic mass is 79.9. The Labute approximate surface area is 138 Å². The van der Waals surface area contributed by atoms with Crippen molar-refractivity contribution >= 4 is 33.5 Å². The molecule has 110 valence electrons. The van der Waals surface area contributed by atoms with Crippen LogP contribution in [0.3, 0.4) is 0 Å². The summed E-state index contributed by atoms with van der Waals surface area (Å²) in [6, 6.07) is 6.34. The molecule has 1 aromatic carbocycles. The topological polar surface area (TPSA) is 29.0 Å². The highest BCUT2D eigenvalue weighted by molar-refractivity contribution is 9.10. The molecule has 2 aromatic rings. The Morgan fingerprint density at radius 3 is 2.76 bits per heavy atom. The van der Waals surface area contributed by atoms with E-state index in [2.05, 4.69) is 43.8 Å². The number of anilines is 1. The standard InChI is InChI=1S/C16H17BrClN3/c1-11-12(6-7-13(17)15(11)18)14-5-2-3-10-21(14)16-19-8-4-9-20-16/h4,6-9,14H,2-3,5,10H2,1H3. The lowest BCUT2D eigenvalue weighted by Gasteiger charge is -2.37. The van der Waals surface area contributed by atoms with Gasteiger partial charge in [0, 0.05) is 23.4 Å². The summed E-state index contributed by atoms with van der Waals surface area (Å²) in [5, 5.41) is 0.798. The molecule has 1 fully saturated rings. The molecule has 0 aliphatic carbocycles. The first-order chi connectivity index (χ1) is 10.2. The van der Waals surface area contributed by atoms with Crippen molar-refractivity contribution in [3.8, 4) is 0 Å². The van der Waals surface area contributed by atoms with Crippen LogP contribution >= 0.6 is 27.5 Å². The van der Waals surface area contributed by atoms with Crippen LogP contribution in [0.25, 0.3) is 0 Å². The molecule has 1 atom stereocenters. The van der Waals surface area contributed by atoms with E-state index in [-0.39, 0.29) is 0 Å². The molecule has 1 aliphatic rings. The molecule has 0 amide bonds. The monoisotopic (exact) mass is 365 g/mol. The van der Waals surface area contributed by atoms with Crippen molar-refractivity contribution in [2.45, 2.75) is 32.2 Å². The van der Waals surface area contributed by atoms with Crippen LogP contribution in [0.15, 0.2) is 35.1 Å². The average molecular weight is 367 g/mol. The molecule has 1 aliphatic heterocycles. The first-order valence-corrected chi connectivity index (χ1v) is 8.33. The number of piperidine rings is 1. The van der Waals surface area contributed by atoms with E-state index in [1.54, 1.807) is 12.4 Å². The van der Waals surface area contributed by atoms with Gasteiger partial charge in [0.15, 0.2) is 0 Å². The maximum absolute atomic E-state index is 6.40. The number of benzene rings is 1. The maximum Gasteiger partial charge on any atom is 0.225 e. The van der Waals surface area contributed by atoms with Gasteiger partial charge in [-0.1, -0.05) is 17.7 Å². The molecular formula is C16H17BrClN3. The van der Waals surface area contributed by atoms with Gasteiger partial charge in [0.05, 0.1) is 11.1 Å². The van der Waals surface area contributed by atoms with Crippen molar-refractivity contribution in [1.82, 2.24) is 9.97 Å². The van der Waals surface area contributed by atoms with Gasteiger partial charge >= 0.3 is 0 Å². The Balaban J connectivity index is 2.01. The number of hydrogen-bond acceptors (Lipinski definition) is 3. The van der Waals surface area contributed by atoms with E-state index in [9.17, 15) is 0 Å². The summed E-state index contributed by atoms with van der Waals surface area (Å²) in [6.07, 6.45) is 7.11. The molecule has 21 heavy (non-hydrogen) atoms. The fourth-order valence-corrected chi connectivity index (χ4v) is 3.56. The van der Waals surface area contributed by atoms with Crippen LogP contribution in [0.1, 0.15) is 36.4 Å². The van der Waals surface area contributed by atoms with E-state index in [1.165, 1.54) is 18.4 Å². The van der Waals surface area contributed by atoms with E-state index in [0.717, 1.165) is 34.0 Å². The Hall–Kier alpha value is -1.13. The number of aromatic nitrogens is 2. The molecule has 0 saturated carbocycles. The predicted molar refractivity (Wildman–Crippen MR) is 89.9 cm³/mol. The lowest BCUT2D eigenvalue weighted by Crippen LogP contribution is -2.35. The molecular weight excluding hydrogens is 350 g/mol. The minimum Gasteiger partial charge on any atom is -0.334 e. The van der Waals surface area contributed by atoms with Crippen LogP contribution in [-0.4, -0.2) is 16.5 Å². The van der Waals surface area contributed by atoms with Crippen molar-refractivity contribution in [2.75, 3.05) is 11.4 Å². The average Bonchev–Trinajstić information content (AvgIpc) is 2.54. The Morgan fingerprint density at radius 2 is 2.00 bits per heavy atom. The minimum absolute atomic E-state index is 0.298. The number of halogens is 2. The summed E-state index contributed by atoms with van der Waals surface area (Å²) in [7, 11) is 0. The van der Waals surface area contributed by atoms with E-state index in [4.69, 9.17) is 11.6 Å². The second-order valence-corrected chi connectivity index (χ2v) is 6.56. The van der Waals surface area contributed by atoms with E-state index >= 15 is 0 Å². The third-order valence-corrected chi connectivity index (χ3v) is 5.43. The van der Waals surface area contributed by atoms with Crippen molar-refractivity contribution in [3.05, 3.63) is 51.2 Å². The van der Waals surface area contributed by atoms with Gasteiger partial charge in [-0.3, -0.25) is 0 Å². The zero-order valence-electron chi connectivity index (χ0n) is 11.9. The molecule has 0 radical (unpaired) electrons. The summed E-state index contributed by atoms with van der Waals surface area (Å²) >= 11 is 9.89. The SMILES string of the molecule is Cc1c(C2CCCCN2c2ncccn2)ccc(Br)c1Cl. The summed E-state index contributed by atoms with van der Waals surface area (Å²) in [5.74, 6) is 0.806. The van der Waals surface area contributed by atoms with Crippen molar-refractivity contribution in [3.63, 3.8) is 0 Å². The number of hydrogen-bond donors (Lipinski definition) is 0. The highest BCUT2D eigenvalue weighted by Crippen LogP contribution is 2.38. The lowest BCUT2D eigenvalue weighted by molar-refractivity contribution is 0.464. The molecule has 1 saturated heterocycles. The van der Waals surface area contributed by atoms with Gasteiger partial charge in [-0.25, -0.2) is 9.97 Å². The Bertz CT molecular complexity index is 633. The van der Waals surface area contributed by atoms with Crippen LogP contribution in [0, 0.1) is 6.92 Å². The third-order valence-electron chi connectivity index (χ3n) is 4.05. The summed E-state index contributed by atoms with van der Waals surface area (Å²) in [5.41, 5.74) is 2.41. The molecule has 0 N–H and O–H groups in total. The molecule has 5 heteroatoms. The van der Waals surface area contributed by atoms with Gasteiger partial charge in [-0.05, 0) is 65.4 Å². The number of rotatable bonds is 2. The summed E-state index contributed by atoms with van der Waals surface area (Å²) < 4.78 is 0.948. The maximum atomic E-state index is 6.40. The zero-order valence-corrected chi connectivity index (χ0v) is 14.2. The second kappa shape index (κ2) is 6.32. The Kier molecular flexibility index (Phi) is 4.45. The van der Waals surface area contributed by atoms with Gasteiger partial charge in [-0.2, -0.15) is 0 Å². The zero-order chi connectivity index (χ0) is 14.8. The van der Waals surface area contributed by atoms with Crippen molar-refractivity contribution in [2.24, 2.45) is 0 Å². The quantitative estimate of drug-likeness (QED) is 0.754. The molecule has 1 aromatic heterocycles. The highest BCUT2D eigenvalue weighted by Gasteiger charge is 2.27. The van der Waals surface area contributed by atoms with E-state index in [0.29, 0.717) is 6.04 Å². The van der Waals surface area contributed by atoms with Crippen LogP contribution in [0.4, 0.5) is 5.95 Å². The van der Waals surface area contributed by atoms with E-state index < -0.39 is 0 Å². The largest absolute Gasteiger partial charge is 0.334 e. The van der Waals surface area contributed by atoms with Crippen molar-refractivity contribution < 1.29 is 0 Å². The molecule has 0 bridgehead atoms. The van der Waals surface area contributed by atoms with E-state index in [1.807, 2.05) is 12.1 Å². The first-order valence-electron chi connectivity index (χ1n) is 7.16. The van der Waals surface area contributed by atoms with Gasteiger partial charge in [0.1, 0.15) is 0 Å². The summed E-state index contributed by atoms with van der Waals surface area (Å²) in [6.45, 7) is 3.07. The van der Waals surface area contributed by atoms with Gasteiger partial charge in [-0.15, -0.1) is 0 Å². The normalized spacial score (nSPS) is 18.8. The van der Waals surface area contributed by atoms with Crippen LogP contribution in [0.5, 0.6) is 0 Å². The fourth-order valence-electron chi connectivity index (χ4n) is 2.96. The van der Waals surface area contributed by atoms with Gasteiger partial charge < -0.3 is 4.90 Å². The summed E-state index contributed by atoms with van der Waals surface area (Å²) in [4.78, 5) is 11.1. The number of nitrogens with zero attached hydrogens (tertiary/aromatic N) is 3. The van der Waals surface area contributed by atoms with Gasteiger partial charge in [0.25, 0.3) is 0 Å². The smallest absolute Gasteiger partial charge is 0.225 e. The molecule has 0 spiro atoms. The fraction of sp³-hybridized carbons (Fsp3) is 0.375. The van der Waals surface area contributed by atoms with Crippen LogP contribution in [-0.2, 0) is 0 Å². The van der Waals surface area contributed by atoms with Crippen molar-refractivity contribution in [1.29, 1.82) is 0 Å². The minimum atomic E-state index is 0.298. The lowest BCUT2D eigenvalue weighted by atomic mass is 9.92. The molecule has 1 unspecified atom stereocenters. The molecule has 2 heterocycles. The first kappa shape index (κ1) is 14.8. The second-order valence-electron chi connectivity index (χ2n) is 5.33. The third kappa shape index (κ3) is 2.92. The molecule has 3 rings (SSSR count). The predicted octanol–water partition coefficient (Wildman–Crippen LogP) is 4.93.